The zero-order valence-corrected chi connectivity index (χ0v) is 9.68. The van der Waals surface area contributed by atoms with Gasteiger partial charge in [0.25, 0.3) is 0 Å². The molecule has 3 heteroatoms. The van der Waals surface area contributed by atoms with Gasteiger partial charge in [-0.3, -0.25) is 0 Å². The molecule has 0 radical (unpaired) electrons. The Balaban J connectivity index is 1.92. The normalized spacial score (nSPS) is 17.8. The molecule has 3 nitrogen and oxygen atoms in total. The van der Waals surface area contributed by atoms with Gasteiger partial charge < -0.3 is 10.1 Å². The van der Waals surface area contributed by atoms with E-state index >= 15 is 0 Å². The number of aromatic nitrogens is 1. The molecule has 1 aliphatic rings. The van der Waals surface area contributed by atoms with E-state index in [2.05, 4.69) is 29.4 Å². The van der Waals surface area contributed by atoms with Crippen LogP contribution in [0.5, 0.6) is 5.75 Å². The fourth-order valence-corrected chi connectivity index (χ4v) is 2.12. The van der Waals surface area contributed by atoms with E-state index in [-0.39, 0.29) is 6.10 Å². The Kier molecular flexibility index (Phi) is 2.44. The Hall–Kier alpha value is -2.03. The number of benzene rings is 1. The van der Waals surface area contributed by atoms with Crippen LogP contribution < -0.4 is 10.1 Å². The smallest absolute Gasteiger partial charge is 0.168 e. The molecule has 2 aromatic rings. The van der Waals surface area contributed by atoms with Crippen LogP contribution in [-0.2, 0) is 0 Å². The lowest BCUT2D eigenvalue weighted by Crippen LogP contribution is -2.24. The van der Waals surface area contributed by atoms with Crippen molar-refractivity contribution >= 4 is 5.82 Å². The van der Waals surface area contributed by atoms with E-state index in [4.69, 9.17) is 4.74 Å². The molecule has 1 unspecified atom stereocenters. The van der Waals surface area contributed by atoms with Crippen LogP contribution in [0.15, 0.2) is 42.6 Å². The van der Waals surface area contributed by atoms with Crippen LogP contribution in [0.25, 0.3) is 0 Å². The van der Waals surface area contributed by atoms with Crippen molar-refractivity contribution in [2.75, 3.05) is 11.9 Å². The van der Waals surface area contributed by atoms with E-state index in [1.165, 1.54) is 11.1 Å². The molecular weight excluding hydrogens is 212 g/mol. The molecule has 1 aromatic heterocycles. The summed E-state index contributed by atoms with van der Waals surface area (Å²) in [4.78, 5) is 4.23. The van der Waals surface area contributed by atoms with Gasteiger partial charge in [-0.25, -0.2) is 4.98 Å². The van der Waals surface area contributed by atoms with Gasteiger partial charge in [-0.2, -0.15) is 0 Å². The van der Waals surface area contributed by atoms with Gasteiger partial charge in [0.15, 0.2) is 11.6 Å². The zero-order valence-electron chi connectivity index (χ0n) is 9.68. The van der Waals surface area contributed by atoms with E-state index in [0.717, 1.165) is 18.1 Å². The number of rotatable bonds is 1. The standard InChI is InChI=1S/C14H14N2O/c1-10-5-2-3-6-11(10)13-9-16-14-12(17-13)7-4-8-15-14/h2-8,13H,9H2,1H3,(H,15,16). The van der Waals surface area contributed by atoms with Crippen LogP contribution in [0.3, 0.4) is 0 Å². The van der Waals surface area contributed by atoms with Crippen molar-refractivity contribution in [3.63, 3.8) is 0 Å². The van der Waals surface area contributed by atoms with Crippen molar-refractivity contribution in [1.82, 2.24) is 4.98 Å². The second-order valence-corrected chi connectivity index (χ2v) is 4.19. The maximum Gasteiger partial charge on any atom is 0.168 e. The lowest BCUT2D eigenvalue weighted by atomic mass is 10.0. The summed E-state index contributed by atoms with van der Waals surface area (Å²) in [5.74, 6) is 1.66. The number of nitrogens with one attached hydrogen (secondary N) is 1. The first-order chi connectivity index (χ1) is 8.34. The Morgan fingerprint density at radius 3 is 3.00 bits per heavy atom. The lowest BCUT2D eigenvalue weighted by molar-refractivity contribution is 0.208. The summed E-state index contributed by atoms with van der Waals surface area (Å²) in [5, 5.41) is 3.30. The van der Waals surface area contributed by atoms with Crippen molar-refractivity contribution in [3.05, 3.63) is 53.7 Å². The predicted molar refractivity (Wildman–Crippen MR) is 67.3 cm³/mol. The third-order valence-corrected chi connectivity index (χ3v) is 3.03. The number of hydrogen-bond donors (Lipinski definition) is 1. The molecule has 2 heterocycles. The van der Waals surface area contributed by atoms with Crippen LogP contribution in [0.4, 0.5) is 5.82 Å². The average Bonchev–Trinajstić information content (AvgIpc) is 2.39. The predicted octanol–water partition coefficient (Wildman–Crippen LogP) is 2.94. The molecule has 1 aliphatic heterocycles. The number of nitrogens with zero attached hydrogens (tertiary/aromatic N) is 1. The topological polar surface area (TPSA) is 34.2 Å². The monoisotopic (exact) mass is 226 g/mol. The summed E-state index contributed by atoms with van der Waals surface area (Å²) in [5.41, 5.74) is 2.49. The molecule has 0 bridgehead atoms. The maximum absolute atomic E-state index is 5.97. The highest BCUT2D eigenvalue weighted by Gasteiger charge is 2.22. The lowest BCUT2D eigenvalue weighted by Gasteiger charge is -2.27. The van der Waals surface area contributed by atoms with Crippen molar-refractivity contribution in [1.29, 1.82) is 0 Å². The van der Waals surface area contributed by atoms with Crippen molar-refractivity contribution in [2.24, 2.45) is 0 Å². The van der Waals surface area contributed by atoms with E-state index in [1.807, 2.05) is 24.3 Å². The highest BCUT2D eigenvalue weighted by Crippen LogP contribution is 2.32. The molecule has 1 aromatic carbocycles. The van der Waals surface area contributed by atoms with E-state index in [0.29, 0.717) is 0 Å². The minimum Gasteiger partial charge on any atom is -0.480 e. The largest absolute Gasteiger partial charge is 0.480 e. The minimum absolute atomic E-state index is 0.0629. The Labute approximate surface area is 100 Å². The average molecular weight is 226 g/mol. The number of aryl methyl sites for hydroxylation is 1. The van der Waals surface area contributed by atoms with Crippen LogP contribution in [-0.4, -0.2) is 11.5 Å². The van der Waals surface area contributed by atoms with Gasteiger partial charge in [0.2, 0.25) is 0 Å². The Morgan fingerprint density at radius 1 is 1.24 bits per heavy atom. The quantitative estimate of drug-likeness (QED) is 0.811. The van der Waals surface area contributed by atoms with E-state index in [9.17, 15) is 0 Å². The second-order valence-electron chi connectivity index (χ2n) is 4.19. The van der Waals surface area contributed by atoms with Crippen LogP contribution in [0, 0.1) is 6.92 Å². The molecule has 1 N–H and O–H groups in total. The van der Waals surface area contributed by atoms with Gasteiger partial charge in [0.05, 0.1) is 6.54 Å². The van der Waals surface area contributed by atoms with Gasteiger partial charge >= 0.3 is 0 Å². The molecule has 0 spiro atoms. The summed E-state index contributed by atoms with van der Waals surface area (Å²) >= 11 is 0. The van der Waals surface area contributed by atoms with Gasteiger partial charge in [0, 0.05) is 6.20 Å². The second kappa shape index (κ2) is 4.09. The van der Waals surface area contributed by atoms with Gasteiger partial charge in [-0.05, 0) is 30.2 Å². The Morgan fingerprint density at radius 2 is 2.12 bits per heavy atom. The van der Waals surface area contributed by atoms with Crippen LogP contribution in [0.1, 0.15) is 17.2 Å². The number of anilines is 1. The fourth-order valence-electron chi connectivity index (χ4n) is 2.12. The SMILES string of the molecule is Cc1ccccc1C1CNc2ncccc2O1. The van der Waals surface area contributed by atoms with E-state index in [1.54, 1.807) is 6.20 Å². The van der Waals surface area contributed by atoms with Gasteiger partial charge in [0.1, 0.15) is 6.10 Å². The van der Waals surface area contributed by atoms with E-state index < -0.39 is 0 Å². The molecule has 0 saturated heterocycles. The molecule has 0 amide bonds. The molecule has 0 aliphatic carbocycles. The Bertz CT molecular complexity index is 539. The minimum atomic E-state index is 0.0629. The molecule has 0 saturated carbocycles. The van der Waals surface area contributed by atoms with Crippen LogP contribution >= 0.6 is 0 Å². The number of ether oxygens (including phenoxy) is 1. The van der Waals surface area contributed by atoms with Crippen molar-refractivity contribution < 1.29 is 4.74 Å². The van der Waals surface area contributed by atoms with Crippen molar-refractivity contribution in [2.45, 2.75) is 13.0 Å². The summed E-state index contributed by atoms with van der Waals surface area (Å²) in [7, 11) is 0. The summed E-state index contributed by atoms with van der Waals surface area (Å²) < 4.78 is 5.97. The zero-order chi connectivity index (χ0) is 11.7. The summed E-state index contributed by atoms with van der Waals surface area (Å²) in [6, 6.07) is 12.1. The van der Waals surface area contributed by atoms with Gasteiger partial charge in [-0.15, -0.1) is 0 Å². The number of hydrogen-bond acceptors (Lipinski definition) is 3. The van der Waals surface area contributed by atoms with Gasteiger partial charge in [-0.1, -0.05) is 24.3 Å². The molecule has 86 valence electrons. The number of fused-ring (bicyclic) bond motifs is 1. The fraction of sp³-hybridized carbons (Fsp3) is 0.214. The third kappa shape index (κ3) is 1.84. The third-order valence-electron chi connectivity index (χ3n) is 3.03. The molecule has 3 rings (SSSR count). The highest BCUT2D eigenvalue weighted by molar-refractivity contribution is 5.52. The molecular formula is C14H14N2O. The highest BCUT2D eigenvalue weighted by atomic mass is 16.5. The first-order valence-corrected chi connectivity index (χ1v) is 5.75. The molecule has 0 fully saturated rings. The van der Waals surface area contributed by atoms with Crippen molar-refractivity contribution in [3.8, 4) is 5.75 Å². The molecule has 17 heavy (non-hydrogen) atoms. The number of pyridine rings is 1. The van der Waals surface area contributed by atoms with Crippen LogP contribution in [0.2, 0.25) is 0 Å². The maximum atomic E-state index is 5.97. The first kappa shape index (κ1) is 10.1. The summed E-state index contributed by atoms with van der Waals surface area (Å²) in [6.07, 6.45) is 1.83. The first-order valence-electron chi connectivity index (χ1n) is 5.75. The molecule has 1 atom stereocenters. The summed E-state index contributed by atoms with van der Waals surface area (Å²) in [6.45, 7) is 2.87.